The number of nitrogens with zero attached hydrogens (tertiary/aromatic N) is 3. The Morgan fingerprint density at radius 1 is 1.04 bits per heavy atom. The van der Waals surface area contributed by atoms with Crippen LogP contribution >= 0.6 is 11.6 Å². The average Bonchev–Trinajstić information content (AvgIpc) is 3.21. The van der Waals surface area contributed by atoms with E-state index in [0.29, 0.717) is 42.1 Å². The number of allylic oxidation sites excluding steroid dienone is 1. The number of ether oxygens (including phenoxy) is 2. The molecule has 0 aromatic heterocycles. The maximum Gasteiger partial charge on any atom is 0.150 e. The van der Waals surface area contributed by atoms with Crippen LogP contribution in [0.4, 0.5) is 5.69 Å². The molecule has 0 radical (unpaired) electrons. The summed E-state index contributed by atoms with van der Waals surface area (Å²) in [6.07, 6.45) is 11.9. The highest BCUT2D eigenvalue weighted by Crippen LogP contribution is 2.44. The molecular formula is C38H52ClN3O3. The quantitative estimate of drug-likeness (QED) is 0.194. The molecule has 2 saturated heterocycles. The lowest BCUT2D eigenvalue weighted by Gasteiger charge is -2.48. The molecule has 7 heteroatoms. The Morgan fingerprint density at radius 2 is 1.93 bits per heavy atom. The highest BCUT2D eigenvalue weighted by Gasteiger charge is 2.40. The molecule has 3 fully saturated rings. The zero-order valence-electron chi connectivity index (χ0n) is 27.5. The van der Waals surface area contributed by atoms with Gasteiger partial charge in [0.05, 0.1) is 25.0 Å². The fourth-order valence-corrected chi connectivity index (χ4v) is 8.39. The Labute approximate surface area is 275 Å². The van der Waals surface area contributed by atoms with E-state index in [0.717, 1.165) is 94.4 Å². The van der Waals surface area contributed by atoms with Crippen molar-refractivity contribution in [1.29, 1.82) is 0 Å². The first kappa shape index (κ1) is 32.6. The molecule has 6 nitrogen and oxygen atoms in total. The number of hydrogen-bond acceptors (Lipinski definition) is 6. The van der Waals surface area contributed by atoms with Crippen LogP contribution in [0.5, 0.6) is 5.75 Å². The Morgan fingerprint density at radius 3 is 2.71 bits per heavy atom. The van der Waals surface area contributed by atoms with Crippen LogP contribution < -0.4 is 9.64 Å². The van der Waals surface area contributed by atoms with E-state index in [2.05, 4.69) is 59.8 Å². The first-order valence-electron chi connectivity index (χ1n) is 17.5. The lowest BCUT2D eigenvalue weighted by atomic mass is 9.66. The molecule has 0 spiro atoms. The summed E-state index contributed by atoms with van der Waals surface area (Å²) in [7, 11) is 0. The van der Waals surface area contributed by atoms with Gasteiger partial charge in [-0.3, -0.25) is 14.6 Å². The van der Waals surface area contributed by atoms with Gasteiger partial charge in [0.25, 0.3) is 0 Å². The van der Waals surface area contributed by atoms with Crippen molar-refractivity contribution >= 4 is 23.6 Å². The molecule has 2 aromatic carbocycles. The number of carbonyl (C=O) groups excluding carboxylic acids is 1. The third kappa shape index (κ3) is 7.62. The van der Waals surface area contributed by atoms with E-state index in [4.69, 9.17) is 21.1 Å². The van der Waals surface area contributed by atoms with Gasteiger partial charge < -0.3 is 14.4 Å². The minimum atomic E-state index is 0.224. The largest absolute Gasteiger partial charge is 0.491 e. The van der Waals surface area contributed by atoms with Gasteiger partial charge in [-0.1, -0.05) is 50.1 Å². The van der Waals surface area contributed by atoms with Crippen LogP contribution in [-0.4, -0.2) is 87.3 Å². The molecule has 3 aliphatic heterocycles. The van der Waals surface area contributed by atoms with E-state index in [9.17, 15) is 4.79 Å². The second kappa shape index (κ2) is 15.0. The van der Waals surface area contributed by atoms with E-state index in [1.165, 1.54) is 24.0 Å². The molecule has 1 saturated carbocycles. The van der Waals surface area contributed by atoms with Gasteiger partial charge in [-0.15, -0.1) is 0 Å². The number of benzene rings is 2. The first-order valence-corrected chi connectivity index (χ1v) is 17.8. The van der Waals surface area contributed by atoms with Gasteiger partial charge in [-0.25, -0.2) is 0 Å². The molecule has 4 aliphatic rings. The number of anilines is 1. The third-order valence-electron chi connectivity index (χ3n) is 10.7. The van der Waals surface area contributed by atoms with Crippen LogP contribution in [0.2, 0.25) is 5.02 Å². The Kier molecular flexibility index (Phi) is 10.9. The molecule has 6 unspecified atom stereocenters. The highest BCUT2D eigenvalue weighted by molar-refractivity contribution is 6.30. The van der Waals surface area contributed by atoms with Gasteiger partial charge in [0.15, 0.2) is 0 Å². The lowest BCUT2D eigenvalue weighted by Crippen LogP contribution is -2.60. The van der Waals surface area contributed by atoms with Gasteiger partial charge in [-0.2, -0.15) is 0 Å². The van der Waals surface area contributed by atoms with E-state index >= 15 is 0 Å². The number of fused-ring (bicyclic) bond motifs is 2. The van der Waals surface area contributed by atoms with Crippen LogP contribution in [-0.2, 0) is 11.2 Å². The zero-order valence-corrected chi connectivity index (χ0v) is 28.3. The minimum Gasteiger partial charge on any atom is -0.491 e. The number of halogens is 1. The molecule has 3 heterocycles. The van der Waals surface area contributed by atoms with Gasteiger partial charge in [-0.05, 0) is 91.8 Å². The van der Waals surface area contributed by atoms with Crippen molar-refractivity contribution in [3.05, 3.63) is 70.3 Å². The predicted molar refractivity (Wildman–Crippen MR) is 184 cm³/mol. The lowest BCUT2D eigenvalue weighted by molar-refractivity contribution is -0.0841. The normalized spacial score (nSPS) is 28.1. The van der Waals surface area contributed by atoms with Crippen molar-refractivity contribution in [2.24, 2.45) is 17.8 Å². The number of piperazine rings is 1. The fraction of sp³-hybridized carbons (Fsp3) is 0.605. The predicted octanol–water partition coefficient (Wildman–Crippen LogP) is 7.10. The Hall–Kier alpha value is -2.38. The van der Waals surface area contributed by atoms with E-state index in [1.807, 2.05) is 24.3 Å². The number of aldehydes is 1. The van der Waals surface area contributed by atoms with E-state index < -0.39 is 0 Å². The maximum absolute atomic E-state index is 11.8. The van der Waals surface area contributed by atoms with Gasteiger partial charge in [0, 0.05) is 68.4 Å². The topological polar surface area (TPSA) is 45.2 Å². The van der Waals surface area contributed by atoms with Crippen molar-refractivity contribution in [3.63, 3.8) is 0 Å². The summed E-state index contributed by atoms with van der Waals surface area (Å²) < 4.78 is 12.5. The minimum absolute atomic E-state index is 0.224. The molecule has 2 aromatic rings. The van der Waals surface area contributed by atoms with Gasteiger partial charge >= 0.3 is 0 Å². The molecular weight excluding hydrogens is 582 g/mol. The third-order valence-corrected chi connectivity index (χ3v) is 11.0. The molecule has 0 N–H and O–H groups in total. The monoisotopic (exact) mass is 633 g/mol. The zero-order chi connectivity index (χ0) is 31.3. The van der Waals surface area contributed by atoms with Crippen LogP contribution in [0, 0.1) is 17.8 Å². The smallest absolute Gasteiger partial charge is 0.150 e. The first-order chi connectivity index (χ1) is 21.9. The summed E-state index contributed by atoms with van der Waals surface area (Å²) >= 11 is 6.45. The number of morpholine rings is 1. The van der Waals surface area contributed by atoms with Crippen molar-refractivity contribution in [2.45, 2.75) is 70.9 Å². The summed E-state index contributed by atoms with van der Waals surface area (Å²) in [6.45, 7) is 15.6. The maximum atomic E-state index is 11.8. The second-order valence-electron chi connectivity index (χ2n) is 13.9. The number of carbonyl (C=O) groups is 1. The fourth-order valence-electron chi connectivity index (χ4n) is 8.20. The van der Waals surface area contributed by atoms with Crippen molar-refractivity contribution < 1.29 is 14.3 Å². The van der Waals surface area contributed by atoms with Crippen LogP contribution in [0.25, 0.3) is 0 Å². The summed E-state index contributed by atoms with van der Waals surface area (Å²) in [5.74, 6) is 2.91. The number of aryl methyl sites for hydroxylation is 1. The van der Waals surface area contributed by atoms with E-state index in [-0.39, 0.29) is 5.92 Å². The van der Waals surface area contributed by atoms with Crippen molar-refractivity contribution in [3.8, 4) is 5.75 Å². The van der Waals surface area contributed by atoms with Gasteiger partial charge in [0.2, 0.25) is 0 Å². The number of rotatable bonds is 11. The van der Waals surface area contributed by atoms with Crippen LogP contribution in [0.1, 0.15) is 73.9 Å². The average molecular weight is 634 g/mol. The van der Waals surface area contributed by atoms with Crippen molar-refractivity contribution in [1.82, 2.24) is 9.80 Å². The summed E-state index contributed by atoms with van der Waals surface area (Å²) in [5, 5.41) is 0.794. The SMILES string of the molecule is CC/C=C/C(CN1CCN2CC(C)OCC2C1)C1CCC1CN1CC(c2ccc(Cl)cc2CCC)COc2ccc(C=O)cc21. The van der Waals surface area contributed by atoms with Gasteiger partial charge in [0.1, 0.15) is 12.0 Å². The van der Waals surface area contributed by atoms with Crippen LogP contribution in [0.3, 0.4) is 0 Å². The Bertz CT molecular complexity index is 1330. The molecule has 0 amide bonds. The Balaban J connectivity index is 1.21. The molecule has 45 heavy (non-hydrogen) atoms. The molecule has 0 bridgehead atoms. The second-order valence-corrected chi connectivity index (χ2v) is 14.3. The van der Waals surface area contributed by atoms with Crippen molar-refractivity contribution in [2.75, 3.05) is 63.9 Å². The van der Waals surface area contributed by atoms with Crippen LogP contribution in [0.15, 0.2) is 48.6 Å². The highest BCUT2D eigenvalue weighted by atomic mass is 35.5. The summed E-state index contributed by atoms with van der Waals surface area (Å²) in [4.78, 5) is 19.7. The molecule has 244 valence electrons. The molecule has 6 rings (SSSR count). The summed E-state index contributed by atoms with van der Waals surface area (Å²) in [5.41, 5.74) is 4.42. The van der Waals surface area contributed by atoms with E-state index in [1.54, 1.807) is 0 Å². The molecule has 6 atom stereocenters. The molecule has 1 aliphatic carbocycles. The summed E-state index contributed by atoms with van der Waals surface area (Å²) in [6, 6.07) is 12.8. The number of hydrogen-bond donors (Lipinski definition) is 0. The standard InChI is InChI=1S/C38H52ClN3O3/c1-4-6-8-30(20-40-15-16-41-19-27(3)44-26-34(41)23-40)36-12-10-31(36)21-42-22-32(35-13-11-33(39)18-29(35)7-5-2)25-45-38-14-9-28(24-43)17-37(38)42/h6,8-9,11,13-14,17-18,24,27,30-32,34,36H,4-5,7,10,12,15-16,19-23,25-26H2,1-3H3/b8-6+.